The minimum Gasteiger partial charge on any atom is -0.496 e. The van der Waals surface area contributed by atoms with Gasteiger partial charge in [-0.15, -0.1) is 0 Å². The van der Waals surface area contributed by atoms with E-state index in [0.717, 1.165) is 35.1 Å². The fraction of sp³-hybridized carbons (Fsp3) is 0.538. The molecule has 2 rings (SSSR count). The highest BCUT2D eigenvalue weighted by Crippen LogP contribution is 2.36. The second kappa shape index (κ2) is 5.19. The summed E-state index contributed by atoms with van der Waals surface area (Å²) >= 11 is 3.45. The van der Waals surface area contributed by atoms with Crippen molar-refractivity contribution in [1.82, 2.24) is 5.32 Å². The Labute approximate surface area is 106 Å². The van der Waals surface area contributed by atoms with Crippen LogP contribution in [0.5, 0.6) is 5.75 Å². The summed E-state index contributed by atoms with van der Waals surface area (Å²) in [5, 5.41) is 3.49. The van der Waals surface area contributed by atoms with Gasteiger partial charge in [0.1, 0.15) is 5.75 Å². The first-order chi connectivity index (χ1) is 7.70. The SMILES string of the molecule is COc1cc(Br)ccc1CNCC1CC1C. The van der Waals surface area contributed by atoms with E-state index in [-0.39, 0.29) is 0 Å². The number of nitrogens with one attached hydrogen (secondary N) is 1. The van der Waals surface area contributed by atoms with Gasteiger partial charge in [0.2, 0.25) is 0 Å². The van der Waals surface area contributed by atoms with E-state index in [1.165, 1.54) is 12.0 Å². The highest BCUT2D eigenvalue weighted by atomic mass is 79.9. The summed E-state index contributed by atoms with van der Waals surface area (Å²) in [6.07, 6.45) is 1.38. The highest BCUT2D eigenvalue weighted by Gasteiger charge is 2.31. The normalized spacial score (nSPS) is 23.2. The predicted octanol–water partition coefficient (Wildman–Crippen LogP) is 3.20. The van der Waals surface area contributed by atoms with E-state index in [1.54, 1.807) is 7.11 Å². The van der Waals surface area contributed by atoms with Crippen molar-refractivity contribution in [3.05, 3.63) is 28.2 Å². The first-order valence-electron chi connectivity index (χ1n) is 5.74. The lowest BCUT2D eigenvalue weighted by Crippen LogP contribution is -2.17. The number of rotatable bonds is 5. The standard InChI is InChI=1S/C13H18BrNO/c1-9-5-11(9)8-15-7-10-3-4-12(14)6-13(10)16-2/h3-4,6,9,11,15H,5,7-8H2,1-2H3. The van der Waals surface area contributed by atoms with Crippen molar-refractivity contribution < 1.29 is 4.74 Å². The third kappa shape index (κ3) is 2.98. The molecule has 0 saturated heterocycles. The second-order valence-electron chi connectivity index (χ2n) is 4.56. The third-order valence-electron chi connectivity index (χ3n) is 3.25. The van der Waals surface area contributed by atoms with Crippen LogP contribution in [0.2, 0.25) is 0 Å². The van der Waals surface area contributed by atoms with E-state index in [2.05, 4.69) is 40.3 Å². The molecule has 0 heterocycles. The fourth-order valence-corrected chi connectivity index (χ4v) is 2.28. The van der Waals surface area contributed by atoms with Crippen LogP contribution in [0.3, 0.4) is 0 Å². The maximum atomic E-state index is 5.35. The third-order valence-corrected chi connectivity index (χ3v) is 3.74. The maximum absolute atomic E-state index is 5.35. The number of halogens is 1. The molecule has 1 aromatic carbocycles. The molecule has 1 aromatic rings. The van der Waals surface area contributed by atoms with E-state index < -0.39 is 0 Å². The summed E-state index contributed by atoms with van der Waals surface area (Å²) < 4.78 is 6.41. The smallest absolute Gasteiger partial charge is 0.124 e. The first kappa shape index (κ1) is 11.9. The number of hydrogen-bond donors (Lipinski definition) is 1. The molecule has 0 spiro atoms. The molecule has 0 amide bonds. The van der Waals surface area contributed by atoms with Crippen LogP contribution in [0.4, 0.5) is 0 Å². The van der Waals surface area contributed by atoms with E-state index >= 15 is 0 Å². The second-order valence-corrected chi connectivity index (χ2v) is 5.48. The fourth-order valence-electron chi connectivity index (χ4n) is 1.94. The summed E-state index contributed by atoms with van der Waals surface area (Å²) in [4.78, 5) is 0. The number of methoxy groups -OCH3 is 1. The van der Waals surface area contributed by atoms with Crippen molar-refractivity contribution in [2.24, 2.45) is 11.8 Å². The van der Waals surface area contributed by atoms with Crippen molar-refractivity contribution in [2.45, 2.75) is 19.9 Å². The summed E-state index contributed by atoms with van der Waals surface area (Å²) in [6.45, 7) is 4.33. The Balaban J connectivity index is 1.87. The molecule has 0 aliphatic heterocycles. The molecule has 0 aromatic heterocycles. The van der Waals surface area contributed by atoms with Gasteiger partial charge in [-0.3, -0.25) is 0 Å². The lowest BCUT2D eigenvalue weighted by atomic mass is 10.2. The minimum absolute atomic E-state index is 0.889. The van der Waals surface area contributed by atoms with Gasteiger partial charge in [-0.2, -0.15) is 0 Å². The average Bonchev–Trinajstić information content (AvgIpc) is 2.97. The quantitative estimate of drug-likeness (QED) is 0.896. The summed E-state index contributed by atoms with van der Waals surface area (Å²) in [5.74, 6) is 2.76. The Kier molecular flexibility index (Phi) is 3.87. The molecule has 1 aliphatic carbocycles. The Bertz CT molecular complexity index is 367. The van der Waals surface area contributed by atoms with E-state index in [1.807, 2.05) is 6.07 Å². The van der Waals surface area contributed by atoms with Crippen LogP contribution >= 0.6 is 15.9 Å². The van der Waals surface area contributed by atoms with E-state index in [4.69, 9.17) is 4.74 Å². The first-order valence-corrected chi connectivity index (χ1v) is 6.53. The predicted molar refractivity (Wildman–Crippen MR) is 69.7 cm³/mol. The molecular weight excluding hydrogens is 266 g/mol. The highest BCUT2D eigenvalue weighted by molar-refractivity contribution is 9.10. The molecule has 2 atom stereocenters. The zero-order valence-corrected chi connectivity index (χ0v) is 11.4. The lowest BCUT2D eigenvalue weighted by molar-refractivity contribution is 0.407. The zero-order chi connectivity index (χ0) is 11.5. The van der Waals surface area contributed by atoms with Crippen LogP contribution in [-0.4, -0.2) is 13.7 Å². The zero-order valence-electron chi connectivity index (χ0n) is 9.79. The lowest BCUT2D eigenvalue weighted by Gasteiger charge is -2.09. The number of ether oxygens (including phenoxy) is 1. The van der Waals surface area contributed by atoms with Crippen molar-refractivity contribution in [1.29, 1.82) is 0 Å². The number of hydrogen-bond acceptors (Lipinski definition) is 2. The molecule has 1 saturated carbocycles. The molecule has 0 radical (unpaired) electrons. The topological polar surface area (TPSA) is 21.3 Å². The molecule has 88 valence electrons. The molecule has 1 fully saturated rings. The van der Waals surface area contributed by atoms with Crippen LogP contribution in [0, 0.1) is 11.8 Å². The van der Waals surface area contributed by atoms with Crippen molar-refractivity contribution >= 4 is 15.9 Å². The van der Waals surface area contributed by atoms with Crippen LogP contribution in [0.1, 0.15) is 18.9 Å². The van der Waals surface area contributed by atoms with Gasteiger partial charge in [-0.1, -0.05) is 28.9 Å². The van der Waals surface area contributed by atoms with Crippen LogP contribution in [-0.2, 0) is 6.54 Å². The van der Waals surface area contributed by atoms with Crippen LogP contribution in [0.15, 0.2) is 22.7 Å². The molecule has 3 heteroatoms. The monoisotopic (exact) mass is 283 g/mol. The van der Waals surface area contributed by atoms with E-state index in [9.17, 15) is 0 Å². The van der Waals surface area contributed by atoms with Crippen molar-refractivity contribution in [3.63, 3.8) is 0 Å². The van der Waals surface area contributed by atoms with E-state index in [0.29, 0.717) is 0 Å². The molecule has 2 unspecified atom stereocenters. The molecule has 1 N–H and O–H groups in total. The van der Waals surface area contributed by atoms with Gasteiger partial charge in [-0.05, 0) is 36.9 Å². The Morgan fingerprint density at radius 3 is 2.88 bits per heavy atom. The summed E-state index contributed by atoms with van der Waals surface area (Å²) in [6, 6.07) is 6.17. The average molecular weight is 284 g/mol. The Morgan fingerprint density at radius 1 is 1.50 bits per heavy atom. The molecule has 1 aliphatic rings. The van der Waals surface area contributed by atoms with Gasteiger partial charge in [0.25, 0.3) is 0 Å². The maximum Gasteiger partial charge on any atom is 0.124 e. The molecule has 16 heavy (non-hydrogen) atoms. The molecule has 2 nitrogen and oxygen atoms in total. The summed E-state index contributed by atoms with van der Waals surface area (Å²) in [5.41, 5.74) is 1.22. The van der Waals surface area contributed by atoms with Gasteiger partial charge in [0, 0.05) is 16.6 Å². The van der Waals surface area contributed by atoms with Gasteiger partial charge >= 0.3 is 0 Å². The van der Waals surface area contributed by atoms with Gasteiger partial charge in [-0.25, -0.2) is 0 Å². The van der Waals surface area contributed by atoms with Crippen LogP contribution in [0.25, 0.3) is 0 Å². The summed E-state index contributed by atoms with van der Waals surface area (Å²) in [7, 11) is 1.72. The largest absolute Gasteiger partial charge is 0.496 e. The van der Waals surface area contributed by atoms with Gasteiger partial charge < -0.3 is 10.1 Å². The van der Waals surface area contributed by atoms with Crippen molar-refractivity contribution in [3.8, 4) is 5.75 Å². The molecule has 0 bridgehead atoms. The van der Waals surface area contributed by atoms with Crippen LogP contribution < -0.4 is 10.1 Å². The Morgan fingerprint density at radius 2 is 2.25 bits per heavy atom. The van der Waals surface area contributed by atoms with Gasteiger partial charge in [0.15, 0.2) is 0 Å². The van der Waals surface area contributed by atoms with Gasteiger partial charge in [0.05, 0.1) is 7.11 Å². The Hall–Kier alpha value is -0.540. The number of benzene rings is 1. The minimum atomic E-state index is 0.889. The molecular formula is C13H18BrNO. The van der Waals surface area contributed by atoms with Crippen molar-refractivity contribution in [2.75, 3.05) is 13.7 Å².